The highest BCUT2D eigenvalue weighted by atomic mass is 16.3. The molecular formula is C15H19N5O2. The molecule has 1 fully saturated rings. The maximum Gasteiger partial charge on any atom is 0.315 e. The van der Waals surface area contributed by atoms with E-state index in [9.17, 15) is 9.90 Å². The zero-order valence-electron chi connectivity index (χ0n) is 12.2. The van der Waals surface area contributed by atoms with E-state index in [-0.39, 0.29) is 6.03 Å². The number of imidazole rings is 1. The molecule has 0 radical (unpaired) electrons. The molecule has 7 nitrogen and oxygen atoms in total. The van der Waals surface area contributed by atoms with Gasteiger partial charge < -0.3 is 15.7 Å². The standard InChI is InChI=1S/C15H19N5O2/c21-14(19-10-15(22)4-1-5-15)18-9-12-2-3-13(17-8-12)20-7-6-16-11-20/h2-3,6-8,11,22H,1,4-5,9-10H2,(H2,18,19,21). The fraction of sp³-hybridized carbons (Fsp3) is 0.400. The molecule has 3 rings (SSSR count). The minimum Gasteiger partial charge on any atom is -0.388 e. The molecule has 0 bridgehead atoms. The quantitative estimate of drug-likeness (QED) is 0.767. The molecule has 0 spiro atoms. The summed E-state index contributed by atoms with van der Waals surface area (Å²) in [6.07, 6.45) is 9.44. The lowest BCUT2D eigenvalue weighted by molar-refractivity contribution is -0.0290. The summed E-state index contributed by atoms with van der Waals surface area (Å²) in [5.41, 5.74) is 0.201. The molecule has 2 aromatic rings. The van der Waals surface area contributed by atoms with E-state index in [1.165, 1.54) is 0 Å². The van der Waals surface area contributed by atoms with E-state index in [0.717, 1.165) is 30.6 Å². The van der Waals surface area contributed by atoms with Crippen molar-refractivity contribution >= 4 is 6.03 Å². The van der Waals surface area contributed by atoms with Crippen LogP contribution in [0.25, 0.3) is 5.82 Å². The molecule has 0 aliphatic heterocycles. The summed E-state index contributed by atoms with van der Waals surface area (Å²) in [5, 5.41) is 15.4. The molecule has 1 aliphatic rings. The second-order valence-electron chi connectivity index (χ2n) is 5.61. The fourth-order valence-electron chi connectivity index (χ4n) is 2.32. The van der Waals surface area contributed by atoms with Gasteiger partial charge in [-0.05, 0) is 30.9 Å². The van der Waals surface area contributed by atoms with Crippen LogP contribution in [-0.2, 0) is 6.54 Å². The third kappa shape index (κ3) is 3.43. The Bertz CT molecular complexity index is 620. The molecule has 7 heteroatoms. The summed E-state index contributed by atoms with van der Waals surface area (Å²) < 4.78 is 1.81. The van der Waals surface area contributed by atoms with Gasteiger partial charge in [-0.2, -0.15) is 0 Å². The number of carbonyl (C=O) groups is 1. The highest BCUT2D eigenvalue weighted by molar-refractivity contribution is 5.73. The first-order valence-electron chi connectivity index (χ1n) is 7.32. The lowest BCUT2D eigenvalue weighted by Crippen LogP contribution is -2.49. The van der Waals surface area contributed by atoms with Crippen molar-refractivity contribution in [3.63, 3.8) is 0 Å². The van der Waals surface area contributed by atoms with Crippen LogP contribution < -0.4 is 10.6 Å². The van der Waals surface area contributed by atoms with Gasteiger partial charge in [0.1, 0.15) is 12.1 Å². The highest BCUT2D eigenvalue weighted by Crippen LogP contribution is 2.30. The van der Waals surface area contributed by atoms with Crippen LogP contribution in [0.1, 0.15) is 24.8 Å². The molecule has 0 atom stereocenters. The van der Waals surface area contributed by atoms with Gasteiger partial charge in [-0.1, -0.05) is 6.07 Å². The van der Waals surface area contributed by atoms with Crippen LogP contribution in [0, 0.1) is 0 Å². The second kappa shape index (κ2) is 6.15. The Hall–Kier alpha value is -2.41. The Morgan fingerprint density at radius 1 is 1.36 bits per heavy atom. The first kappa shape index (κ1) is 14.5. The number of aliphatic hydroxyl groups is 1. The Balaban J connectivity index is 1.46. The molecule has 1 aliphatic carbocycles. The van der Waals surface area contributed by atoms with Gasteiger partial charge in [0.15, 0.2) is 0 Å². The molecule has 22 heavy (non-hydrogen) atoms. The van der Waals surface area contributed by atoms with Crippen LogP contribution >= 0.6 is 0 Å². The van der Waals surface area contributed by atoms with E-state index < -0.39 is 5.60 Å². The molecule has 2 amide bonds. The van der Waals surface area contributed by atoms with E-state index >= 15 is 0 Å². The minimum absolute atomic E-state index is 0.279. The van der Waals surface area contributed by atoms with Crippen molar-refractivity contribution in [3.8, 4) is 5.82 Å². The number of amides is 2. The summed E-state index contributed by atoms with van der Waals surface area (Å²) in [6, 6.07) is 3.49. The molecule has 0 saturated heterocycles. The van der Waals surface area contributed by atoms with Crippen molar-refractivity contribution in [2.45, 2.75) is 31.4 Å². The number of urea groups is 1. The van der Waals surface area contributed by atoms with Gasteiger partial charge in [-0.25, -0.2) is 14.8 Å². The van der Waals surface area contributed by atoms with Gasteiger partial charge in [-0.15, -0.1) is 0 Å². The highest BCUT2D eigenvalue weighted by Gasteiger charge is 2.34. The maximum atomic E-state index is 11.7. The van der Waals surface area contributed by atoms with Crippen molar-refractivity contribution in [2.24, 2.45) is 0 Å². The van der Waals surface area contributed by atoms with Crippen molar-refractivity contribution in [3.05, 3.63) is 42.6 Å². The number of hydrogen-bond donors (Lipinski definition) is 3. The monoisotopic (exact) mass is 301 g/mol. The Morgan fingerprint density at radius 3 is 2.82 bits per heavy atom. The van der Waals surface area contributed by atoms with Crippen LogP contribution in [0.2, 0.25) is 0 Å². The number of carbonyl (C=O) groups excluding carboxylic acids is 1. The summed E-state index contributed by atoms with van der Waals surface area (Å²) in [6.45, 7) is 0.693. The van der Waals surface area contributed by atoms with Gasteiger partial charge in [-0.3, -0.25) is 4.57 Å². The van der Waals surface area contributed by atoms with Crippen molar-refractivity contribution in [1.29, 1.82) is 0 Å². The Kier molecular flexibility index (Phi) is 4.06. The van der Waals surface area contributed by atoms with Gasteiger partial charge in [0, 0.05) is 31.7 Å². The summed E-state index contributed by atoms with van der Waals surface area (Å²) >= 11 is 0. The number of hydrogen-bond acceptors (Lipinski definition) is 4. The number of nitrogens with zero attached hydrogens (tertiary/aromatic N) is 3. The van der Waals surface area contributed by atoms with Gasteiger partial charge in [0.05, 0.1) is 5.60 Å². The van der Waals surface area contributed by atoms with Crippen molar-refractivity contribution in [1.82, 2.24) is 25.2 Å². The second-order valence-corrected chi connectivity index (χ2v) is 5.61. The minimum atomic E-state index is -0.703. The number of pyridine rings is 1. The van der Waals surface area contributed by atoms with Crippen LogP contribution in [0.5, 0.6) is 0 Å². The van der Waals surface area contributed by atoms with E-state index in [1.54, 1.807) is 18.7 Å². The Labute approximate surface area is 128 Å². The third-order valence-corrected chi connectivity index (χ3v) is 3.89. The summed E-state index contributed by atoms with van der Waals surface area (Å²) in [5.74, 6) is 0.776. The fourth-order valence-corrected chi connectivity index (χ4v) is 2.32. The molecule has 3 N–H and O–H groups in total. The average molecular weight is 301 g/mol. The van der Waals surface area contributed by atoms with Crippen LogP contribution in [0.3, 0.4) is 0 Å². The van der Waals surface area contributed by atoms with E-state index in [2.05, 4.69) is 20.6 Å². The zero-order chi connectivity index (χ0) is 15.4. The SMILES string of the molecule is O=C(NCc1ccc(-n2ccnc2)nc1)NCC1(O)CCC1. The molecule has 0 aromatic carbocycles. The Morgan fingerprint density at radius 2 is 2.23 bits per heavy atom. The van der Waals surface area contributed by atoms with Gasteiger partial charge in [0.25, 0.3) is 0 Å². The lowest BCUT2D eigenvalue weighted by Gasteiger charge is -2.36. The summed E-state index contributed by atoms with van der Waals surface area (Å²) in [4.78, 5) is 20.0. The average Bonchev–Trinajstić information content (AvgIpc) is 3.04. The molecule has 2 aromatic heterocycles. The maximum absolute atomic E-state index is 11.7. The molecule has 1 saturated carbocycles. The molecule has 0 unspecified atom stereocenters. The predicted molar refractivity (Wildman–Crippen MR) is 80.4 cm³/mol. The third-order valence-electron chi connectivity index (χ3n) is 3.89. The zero-order valence-corrected chi connectivity index (χ0v) is 12.2. The lowest BCUT2D eigenvalue weighted by atomic mass is 9.80. The van der Waals surface area contributed by atoms with Crippen molar-refractivity contribution in [2.75, 3.05) is 6.54 Å². The largest absolute Gasteiger partial charge is 0.388 e. The van der Waals surface area contributed by atoms with Crippen molar-refractivity contribution < 1.29 is 9.90 Å². The van der Waals surface area contributed by atoms with E-state index in [0.29, 0.717) is 13.1 Å². The smallest absolute Gasteiger partial charge is 0.315 e. The van der Waals surface area contributed by atoms with Crippen LogP contribution in [0.4, 0.5) is 4.79 Å². The van der Waals surface area contributed by atoms with Gasteiger partial charge in [0.2, 0.25) is 0 Å². The first-order valence-corrected chi connectivity index (χ1v) is 7.32. The van der Waals surface area contributed by atoms with E-state index in [1.807, 2.05) is 22.9 Å². The van der Waals surface area contributed by atoms with Crippen LogP contribution in [-0.4, -0.2) is 37.8 Å². The number of rotatable bonds is 5. The molecule has 2 heterocycles. The number of aromatic nitrogens is 3. The van der Waals surface area contributed by atoms with Crippen LogP contribution in [0.15, 0.2) is 37.1 Å². The first-order chi connectivity index (χ1) is 10.6. The molecular weight excluding hydrogens is 282 g/mol. The molecule has 116 valence electrons. The topological polar surface area (TPSA) is 92.1 Å². The van der Waals surface area contributed by atoms with E-state index in [4.69, 9.17) is 0 Å². The van der Waals surface area contributed by atoms with Gasteiger partial charge >= 0.3 is 6.03 Å². The predicted octanol–water partition coefficient (Wildman–Crippen LogP) is 0.981. The number of nitrogens with one attached hydrogen (secondary N) is 2. The normalized spacial score (nSPS) is 15.9. The summed E-state index contributed by atoms with van der Waals surface area (Å²) in [7, 11) is 0.